The molecule has 0 aliphatic carbocycles. The minimum Gasteiger partial charge on any atom is -0.450 e. The first-order valence-electron chi connectivity index (χ1n) is 8.88. The van der Waals surface area contributed by atoms with E-state index in [-0.39, 0.29) is 18.3 Å². The number of benzene rings is 1. The lowest BCUT2D eigenvalue weighted by Crippen LogP contribution is -2.47. The van der Waals surface area contributed by atoms with Crippen LogP contribution in [0.5, 0.6) is 5.75 Å². The number of halogens is 4. The number of carbonyl (C=O) groups is 2. The lowest BCUT2D eigenvalue weighted by molar-refractivity contribution is -0.461. The van der Waals surface area contributed by atoms with Crippen molar-refractivity contribution in [2.24, 2.45) is 0 Å². The maximum absolute atomic E-state index is 13.8. The number of hydrogen-bond donors (Lipinski definition) is 2. The lowest BCUT2D eigenvalue weighted by Gasteiger charge is -2.32. The van der Waals surface area contributed by atoms with E-state index in [2.05, 4.69) is 20.1 Å². The van der Waals surface area contributed by atoms with Crippen molar-refractivity contribution >= 4 is 17.8 Å². The fraction of sp³-hybridized carbons (Fsp3) is 0.529. The quantitative estimate of drug-likeness (QED) is 0.730. The van der Waals surface area contributed by atoms with E-state index in [1.807, 2.05) is 0 Å². The van der Waals surface area contributed by atoms with E-state index in [1.54, 1.807) is 6.92 Å². The maximum Gasteiger partial charge on any atom is 0.540 e. The van der Waals surface area contributed by atoms with Crippen LogP contribution in [0.4, 0.5) is 32.8 Å². The summed E-state index contributed by atoms with van der Waals surface area (Å²) in [4.78, 5) is 25.3. The predicted octanol–water partition coefficient (Wildman–Crippen LogP) is 3.44. The van der Waals surface area contributed by atoms with Gasteiger partial charge in [0.1, 0.15) is 5.75 Å². The maximum atomic E-state index is 13.8. The number of nitrogens with zero attached hydrogens (tertiary/aromatic N) is 1. The Bertz CT molecular complexity index is 784. The van der Waals surface area contributed by atoms with Crippen LogP contribution in [0.3, 0.4) is 0 Å². The van der Waals surface area contributed by atoms with E-state index < -0.39 is 35.8 Å². The second-order valence-electron chi connectivity index (χ2n) is 6.45. The highest BCUT2D eigenvalue weighted by Crippen LogP contribution is 2.46. The van der Waals surface area contributed by atoms with Gasteiger partial charge in [0.05, 0.1) is 12.2 Å². The number of alkyl halides is 4. The highest BCUT2D eigenvalue weighted by molar-refractivity contribution is 5.89. The Hall–Kier alpha value is -2.76. The highest BCUT2D eigenvalue weighted by Gasteiger charge is 2.54. The van der Waals surface area contributed by atoms with Crippen LogP contribution in [0.2, 0.25) is 0 Å². The predicted molar refractivity (Wildman–Crippen MR) is 90.8 cm³/mol. The van der Waals surface area contributed by atoms with Crippen molar-refractivity contribution in [3.8, 4) is 5.75 Å². The Morgan fingerprint density at radius 1 is 1.24 bits per heavy atom. The Kier molecular flexibility index (Phi) is 5.73. The van der Waals surface area contributed by atoms with E-state index in [1.165, 1.54) is 4.90 Å². The van der Waals surface area contributed by atoms with Gasteiger partial charge in [-0.2, -0.15) is 8.78 Å². The van der Waals surface area contributed by atoms with E-state index >= 15 is 0 Å². The van der Waals surface area contributed by atoms with Crippen molar-refractivity contribution in [3.05, 3.63) is 23.8 Å². The molecule has 0 bridgehead atoms. The summed E-state index contributed by atoms with van der Waals surface area (Å²) in [5.74, 6) is -0.747. The number of rotatable bonds is 3. The molecule has 0 aromatic heterocycles. The molecule has 3 amide bonds. The summed E-state index contributed by atoms with van der Waals surface area (Å²) in [6.45, 7) is 2.78. The Labute approximate surface area is 163 Å². The van der Waals surface area contributed by atoms with Gasteiger partial charge in [-0.1, -0.05) is 0 Å². The van der Waals surface area contributed by atoms with Gasteiger partial charge in [-0.15, -0.1) is 8.78 Å². The first-order chi connectivity index (χ1) is 13.6. The molecule has 1 aromatic carbocycles. The SMILES string of the molecule is CCOC(=O)N1CCC(NC(=O)Nc2ccc3c(c2)C(F)(F)OC(F)(F)O3)CC1. The van der Waals surface area contributed by atoms with Gasteiger partial charge in [0.25, 0.3) is 0 Å². The average molecular weight is 421 g/mol. The van der Waals surface area contributed by atoms with Crippen LogP contribution in [-0.4, -0.2) is 49.1 Å². The smallest absolute Gasteiger partial charge is 0.450 e. The molecule has 0 unspecified atom stereocenters. The normalized spacial score (nSPS) is 20.2. The summed E-state index contributed by atoms with van der Waals surface area (Å²) in [5.41, 5.74) is -0.980. The third-order valence-corrected chi connectivity index (χ3v) is 4.38. The zero-order valence-electron chi connectivity index (χ0n) is 15.3. The molecule has 2 aliphatic rings. The number of anilines is 1. The molecule has 0 atom stereocenters. The minimum absolute atomic E-state index is 0.0534. The fourth-order valence-electron chi connectivity index (χ4n) is 3.05. The molecular formula is C17H19F4N3O5. The van der Waals surface area contributed by atoms with Gasteiger partial charge in [-0.25, -0.2) is 14.3 Å². The Morgan fingerprint density at radius 2 is 1.93 bits per heavy atom. The fourth-order valence-corrected chi connectivity index (χ4v) is 3.05. The second kappa shape index (κ2) is 7.93. The summed E-state index contributed by atoms with van der Waals surface area (Å²) in [6, 6.07) is 1.95. The van der Waals surface area contributed by atoms with Gasteiger partial charge in [0, 0.05) is 24.8 Å². The third kappa shape index (κ3) is 5.00. The number of piperidine rings is 1. The van der Waals surface area contributed by atoms with Gasteiger partial charge in [-0.05, 0) is 38.0 Å². The molecule has 0 saturated carbocycles. The standard InChI is InChI=1S/C17H19F4N3O5/c1-2-27-15(26)24-7-5-10(6-8-24)22-14(25)23-11-3-4-13-12(9-11)16(18,19)29-17(20,21)28-13/h3-4,9-10H,2,5-8H2,1H3,(H2,22,23,25). The molecule has 8 nitrogen and oxygen atoms in total. The zero-order valence-corrected chi connectivity index (χ0v) is 15.3. The van der Waals surface area contributed by atoms with Crippen LogP contribution in [0.1, 0.15) is 25.3 Å². The number of hydrogen-bond acceptors (Lipinski definition) is 5. The van der Waals surface area contributed by atoms with Gasteiger partial charge < -0.3 is 25.0 Å². The molecule has 2 aliphatic heterocycles. The number of ether oxygens (including phenoxy) is 3. The van der Waals surface area contributed by atoms with Gasteiger partial charge in [-0.3, -0.25) is 0 Å². The molecule has 1 saturated heterocycles. The van der Waals surface area contributed by atoms with Crippen LogP contribution >= 0.6 is 0 Å². The first-order valence-corrected chi connectivity index (χ1v) is 8.88. The molecule has 3 rings (SSSR count). The average Bonchev–Trinajstić information content (AvgIpc) is 2.61. The van der Waals surface area contributed by atoms with Crippen molar-refractivity contribution in [1.29, 1.82) is 0 Å². The van der Waals surface area contributed by atoms with Crippen LogP contribution in [-0.2, 0) is 15.6 Å². The number of nitrogens with one attached hydrogen (secondary N) is 2. The van der Waals surface area contributed by atoms with E-state index in [0.29, 0.717) is 25.9 Å². The van der Waals surface area contributed by atoms with Crippen molar-refractivity contribution in [2.75, 3.05) is 25.0 Å². The monoisotopic (exact) mass is 421 g/mol. The number of amides is 3. The molecule has 2 N–H and O–H groups in total. The summed E-state index contributed by atoms with van der Waals surface area (Å²) in [5, 5.41) is 5.04. The lowest BCUT2D eigenvalue weighted by atomic mass is 10.1. The van der Waals surface area contributed by atoms with E-state index in [0.717, 1.165) is 18.2 Å². The minimum atomic E-state index is -4.46. The second-order valence-corrected chi connectivity index (χ2v) is 6.45. The van der Waals surface area contributed by atoms with Crippen molar-refractivity contribution in [2.45, 2.75) is 38.2 Å². The Balaban J connectivity index is 1.56. The largest absolute Gasteiger partial charge is 0.540 e. The number of likely N-dealkylation sites (tertiary alicyclic amines) is 1. The van der Waals surface area contributed by atoms with Gasteiger partial charge >= 0.3 is 24.5 Å². The van der Waals surface area contributed by atoms with E-state index in [4.69, 9.17) is 4.74 Å². The summed E-state index contributed by atoms with van der Waals surface area (Å²) in [7, 11) is 0. The number of fused-ring (bicyclic) bond motifs is 1. The molecule has 2 heterocycles. The zero-order chi connectivity index (χ0) is 21.2. The third-order valence-electron chi connectivity index (χ3n) is 4.38. The first kappa shape index (κ1) is 21.0. The number of carbonyl (C=O) groups excluding carboxylic acids is 2. The molecule has 1 aromatic rings. The summed E-state index contributed by atoms with van der Waals surface area (Å²) in [6.07, 6.45) is -8.18. The molecule has 12 heteroatoms. The van der Waals surface area contributed by atoms with Crippen LogP contribution in [0, 0.1) is 0 Å². The number of urea groups is 1. The molecule has 0 radical (unpaired) electrons. The van der Waals surface area contributed by atoms with Crippen LogP contribution in [0.25, 0.3) is 0 Å². The Morgan fingerprint density at radius 3 is 2.59 bits per heavy atom. The van der Waals surface area contributed by atoms with Crippen molar-refractivity contribution in [1.82, 2.24) is 10.2 Å². The molecule has 29 heavy (non-hydrogen) atoms. The van der Waals surface area contributed by atoms with Crippen molar-refractivity contribution < 1.29 is 41.4 Å². The summed E-state index contributed by atoms with van der Waals surface area (Å²) >= 11 is 0. The molecular weight excluding hydrogens is 402 g/mol. The molecule has 1 fully saturated rings. The van der Waals surface area contributed by atoms with E-state index in [9.17, 15) is 27.2 Å². The molecule has 160 valence electrons. The van der Waals surface area contributed by atoms with Crippen LogP contribution in [0.15, 0.2) is 18.2 Å². The van der Waals surface area contributed by atoms with Gasteiger partial charge in [0.15, 0.2) is 0 Å². The molecule has 0 spiro atoms. The summed E-state index contributed by atoms with van der Waals surface area (Å²) < 4.78 is 66.0. The van der Waals surface area contributed by atoms with Crippen molar-refractivity contribution in [3.63, 3.8) is 0 Å². The highest BCUT2D eigenvalue weighted by atomic mass is 19.3. The topological polar surface area (TPSA) is 89.1 Å². The van der Waals surface area contributed by atoms with Gasteiger partial charge in [0.2, 0.25) is 0 Å². The van der Waals surface area contributed by atoms with Crippen LogP contribution < -0.4 is 15.4 Å².